The second kappa shape index (κ2) is 10.3. The molecule has 1 aliphatic rings. The van der Waals surface area contributed by atoms with Crippen molar-refractivity contribution in [2.24, 2.45) is 5.92 Å². The monoisotopic (exact) mass is 436 g/mol. The molecule has 3 atom stereocenters. The molecule has 1 aromatic heterocycles. The topological polar surface area (TPSA) is 93.2 Å². The van der Waals surface area contributed by atoms with Crippen LogP contribution in [0.5, 0.6) is 0 Å². The zero-order valence-electron chi connectivity index (χ0n) is 19.5. The lowest BCUT2D eigenvalue weighted by molar-refractivity contribution is -0.123. The van der Waals surface area contributed by atoms with Gasteiger partial charge in [-0.1, -0.05) is 58.0 Å². The van der Waals surface area contributed by atoms with Crippen molar-refractivity contribution in [3.05, 3.63) is 60.2 Å². The van der Waals surface area contributed by atoms with Crippen molar-refractivity contribution in [2.75, 3.05) is 0 Å². The van der Waals surface area contributed by atoms with Gasteiger partial charge >= 0.3 is 6.92 Å². The number of carbonyl (C=O) groups excluding carboxylic acids is 2. The van der Waals surface area contributed by atoms with Crippen LogP contribution >= 0.6 is 0 Å². The second-order valence-corrected chi connectivity index (χ2v) is 9.57. The van der Waals surface area contributed by atoms with Gasteiger partial charge in [0.25, 0.3) is 5.91 Å². The van der Waals surface area contributed by atoms with E-state index < -0.39 is 11.9 Å². The summed E-state index contributed by atoms with van der Waals surface area (Å²) in [4.78, 5) is 34.2. The largest absolute Gasteiger partial charge is 0.431 e. The second-order valence-electron chi connectivity index (χ2n) is 9.57. The molecule has 3 rings (SSSR count). The van der Waals surface area contributed by atoms with Gasteiger partial charge in [-0.2, -0.15) is 0 Å². The normalized spacial score (nSPS) is 19.1. The van der Waals surface area contributed by atoms with E-state index in [0.717, 1.165) is 12.0 Å². The molecule has 0 bridgehead atoms. The number of amides is 2. The first-order valence-electron chi connectivity index (χ1n) is 11.2. The average Bonchev–Trinajstić information content (AvgIpc) is 2.77. The predicted octanol–water partition coefficient (Wildman–Crippen LogP) is 3.08. The van der Waals surface area contributed by atoms with Gasteiger partial charge in [-0.25, -0.2) is 4.98 Å². The highest BCUT2D eigenvalue weighted by atomic mass is 16.5. The average molecular weight is 436 g/mol. The maximum atomic E-state index is 13.4. The number of aromatic nitrogens is 2. The molecule has 7 nitrogen and oxygen atoms in total. The van der Waals surface area contributed by atoms with Gasteiger partial charge in [-0.05, 0) is 30.1 Å². The van der Waals surface area contributed by atoms with Crippen molar-refractivity contribution in [3.63, 3.8) is 0 Å². The summed E-state index contributed by atoms with van der Waals surface area (Å²) in [6.45, 7) is 10.6. The molecule has 170 valence electrons. The number of carbonyl (C=O) groups is 2. The lowest BCUT2D eigenvalue weighted by Gasteiger charge is -2.51. The molecule has 1 fully saturated rings. The number of nitrogens with zero attached hydrogens (tertiary/aromatic N) is 2. The van der Waals surface area contributed by atoms with Crippen molar-refractivity contribution in [3.8, 4) is 0 Å². The maximum absolute atomic E-state index is 13.4. The Kier molecular flexibility index (Phi) is 7.66. The van der Waals surface area contributed by atoms with E-state index in [9.17, 15) is 9.59 Å². The summed E-state index contributed by atoms with van der Waals surface area (Å²) in [6.07, 6.45) is 5.65. The number of hydrogen-bond acceptors (Lipinski definition) is 5. The number of hydrogen-bond donors (Lipinski definition) is 2. The third-order valence-corrected chi connectivity index (χ3v) is 6.25. The van der Waals surface area contributed by atoms with Crippen molar-refractivity contribution >= 4 is 18.7 Å². The number of nitrogens with one attached hydrogen (secondary N) is 2. The SMILES string of the molecule is CC(C)C[C@H](NC(=O)[C@@H](Cc1ccccc1)NC(=O)c1cnccn1)B1OC(C)C1(C)C. The number of benzene rings is 1. The van der Waals surface area contributed by atoms with Crippen molar-refractivity contribution < 1.29 is 14.2 Å². The Bertz CT molecular complexity index is 908. The highest BCUT2D eigenvalue weighted by Crippen LogP contribution is 2.47. The molecule has 32 heavy (non-hydrogen) atoms. The van der Waals surface area contributed by atoms with E-state index >= 15 is 0 Å². The Morgan fingerprint density at radius 3 is 2.44 bits per heavy atom. The Balaban J connectivity index is 1.78. The molecule has 0 spiro atoms. The lowest BCUT2D eigenvalue weighted by atomic mass is 9.35. The Labute approximate surface area is 190 Å². The van der Waals surface area contributed by atoms with Crippen LogP contribution in [0, 0.1) is 5.92 Å². The number of rotatable bonds is 9. The van der Waals surface area contributed by atoms with Crippen molar-refractivity contribution in [1.82, 2.24) is 20.6 Å². The standard InChI is InChI=1S/C24H33BN4O3/c1-16(2)13-21(25-24(4,5)17(3)32-25)29-22(30)19(14-18-9-7-6-8-10-18)28-23(31)20-15-26-11-12-27-20/h6-12,15-17,19,21H,13-14H2,1-5H3,(H,28,31)(H,29,30)/t17?,19-,21+/m1/s1. The summed E-state index contributed by atoms with van der Waals surface area (Å²) < 4.78 is 6.05. The van der Waals surface area contributed by atoms with Crippen LogP contribution in [0.2, 0.25) is 5.31 Å². The minimum Gasteiger partial charge on any atom is -0.431 e. The van der Waals surface area contributed by atoms with Crippen LogP contribution in [0.3, 0.4) is 0 Å². The zero-order valence-corrected chi connectivity index (χ0v) is 19.5. The van der Waals surface area contributed by atoms with E-state index in [1.165, 1.54) is 18.6 Å². The van der Waals surface area contributed by atoms with Crippen LogP contribution in [-0.4, -0.2) is 46.8 Å². The molecule has 0 saturated carbocycles. The van der Waals surface area contributed by atoms with Crippen LogP contribution in [0.1, 0.15) is 57.1 Å². The van der Waals surface area contributed by atoms with Crippen molar-refractivity contribution in [2.45, 2.75) is 70.9 Å². The third-order valence-electron chi connectivity index (χ3n) is 6.25. The molecule has 1 aliphatic heterocycles. The van der Waals surface area contributed by atoms with Gasteiger partial charge in [0.15, 0.2) is 0 Å². The van der Waals surface area contributed by atoms with Gasteiger partial charge in [0.05, 0.1) is 6.20 Å². The minimum absolute atomic E-state index is 0.0371. The van der Waals surface area contributed by atoms with Gasteiger partial charge in [-0.3, -0.25) is 14.6 Å². The third kappa shape index (κ3) is 5.74. The quantitative estimate of drug-likeness (QED) is 0.590. The summed E-state index contributed by atoms with van der Waals surface area (Å²) in [5, 5.41) is 6.00. The molecule has 8 heteroatoms. The van der Waals surface area contributed by atoms with Gasteiger partial charge in [-0.15, -0.1) is 0 Å². The molecular weight excluding hydrogens is 403 g/mol. The predicted molar refractivity (Wildman–Crippen MR) is 125 cm³/mol. The van der Waals surface area contributed by atoms with Crippen LogP contribution in [0.25, 0.3) is 0 Å². The van der Waals surface area contributed by atoms with Crippen LogP contribution in [0.4, 0.5) is 0 Å². The van der Waals surface area contributed by atoms with Crippen LogP contribution in [-0.2, 0) is 15.9 Å². The van der Waals surface area contributed by atoms with Gasteiger partial charge in [0.2, 0.25) is 5.91 Å². The minimum atomic E-state index is -0.748. The fourth-order valence-electron chi connectivity index (χ4n) is 4.10. The Morgan fingerprint density at radius 2 is 1.88 bits per heavy atom. The first kappa shape index (κ1) is 23.9. The van der Waals surface area contributed by atoms with Gasteiger partial charge < -0.3 is 15.3 Å². The van der Waals surface area contributed by atoms with Crippen LogP contribution < -0.4 is 10.6 Å². The highest BCUT2D eigenvalue weighted by Gasteiger charge is 2.55. The van der Waals surface area contributed by atoms with Crippen LogP contribution in [0.15, 0.2) is 48.9 Å². The smallest absolute Gasteiger partial charge is 0.324 e. The summed E-state index contributed by atoms with van der Waals surface area (Å²) in [6, 6.07) is 8.90. The fourth-order valence-corrected chi connectivity index (χ4v) is 4.10. The maximum Gasteiger partial charge on any atom is 0.324 e. The molecule has 2 aromatic rings. The molecule has 1 unspecified atom stereocenters. The summed E-state index contributed by atoms with van der Waals surface area (Å²) in [5.74, 6) is -0.406. The highest BCUT2D eigenvalue weighted by molar-refractivity contribution is 6.60. The zero-order chi connectivity index (χ0) is 23.3. The van der Waals surface area contributed by atoms with Gasteiger partial charge in [0, 0.05) is 30.9 Å². The fraction of sp³-hybridized carbons (Fsp3) is 0.500. The first-order chi connectivity index (χ1) is 15.2. The molecule has 2 amide bonds. The van der Waals surface area contributed by atoms with E-state index in [1.54, 1.807) is 0 Å². The van der Waals surface area contributed by atoms with E-state index in [-0.39, 0.29) is 35.9 Å². The lowest BCUT2D eigenvalue weighted by Crippen LogP contribution is -2.65. The van der Waals surface area contributed by atoms with Gasteiger partial charge in [0.1, 0.15) is 11.7 Å². The summed E-state index contributed by atoms with van der Waals surface area (Å²) >= 11 is 0. The summed E-state index contributed by atoms with van der Waals surface area (Å²) in [7, 11) is 0. The molecule has 2 heterocycles. The Morgan fingerprint density at radius 1 is 1.16 bits per heavy atom. The van der Waals surface area contributed by atoms with E-state index in [2.05, 4.69) is 55.2 Å². The molecule has 0 radical (unpaired) electrons. The first-order valence-corrected chi connectivity index (χ1v) is 11.2. The van der Waals surface area contributed by atoms with E-state index in [0.29, 0.717) is 12.3 Å². The van der Waals surface area contributed by atoms with E-state index in [4.69, 9.17) is 4.65 Å². The summed E-state index contributed by atoms with van der Waals surface area (Å²) in [5.41, 5.74) is 1.13. The Hall–Kier alpha value is -2.74. The molecule has 1 aromatic carbocycles. The van der Waals surface area contributed by atoms with E-state index in [1.807, 2.05) is 30.3 Å². The molecule has 0 aliphatic carbocycles. The molecule has 1 saturated heterocycles. The molecular formula is C24H33BN4O3. The van der Waals surface area contributed by atoms with Crippen molar-refractivity contribution in [1.29, 1.82) is 0 Å². The molecule has 2 N–H and O–H groups in total.